The van der Waals surface area contributed by atoms with Gasteiger partial charge < -0.3 is 14.5 Å². The molecule has 1 heterocycles. The van der Waals surface area contributed by atoms with Gasteiger partial charge in [-0.05, 0) is 49.1 Å². The number of hydrogen-bond donors (Lipinski definition) is 1. The molecule has 2 saturated carbocycles. The van der Waals surface area contributed by atoms with Gasteiger partial charge in [0.1, 0.15) is 16.9 Å². The Morgan fingerprint density at radius 3 is 2.81 bits per heavy atom. The van der Waals surface area contributed by atoms with Crippen LogP contribution < -0.4 is 10.1 Å². The van der Waals surface area contributed by atoms with Crippen molar-refractivity contribution < 1.29 is 13.9 Å². The lowest BCUT2D eigenvalue weighted by Gasteiger charge is -2.21. The predicted octanol–water partition coefficient (Wildman–Crippen LogP) is 5.36. The van der Waals surface area contributed by atoms with Crippen molar-refractivity contribution in [2.45, 2.75) is 32.1 Å². The number of methoxy groups -OCH3 is 1. The number of carbonyl (C=O) groups excluding carboxylic acids is 1. The third-order valence-electron chi connectivity index (χ3n) is 6.31. The largest absolute Gasteiger partial charge is 0.495 e. The Morgan fingerprint density at radius 1 is 1.15 bits per heavy atom. The minimum Gasteiger partial charge on any atom is -0.495 e. The summed E-state index contributed by atoms with van der Waals surface area (Å²) in [6.07, 6.45) is 5.82. The number of carbonyl (C=O) groups is 1. The van der Waals surface area contributed by atoms with Gasteiger partial charge in [-0.2, -0.15) is 0 Å². The molecule has 1 aromatic heterocycles. The quantitative estimate of drug-likeness (QED) is 0.690. The van der Waals surface area contributed by atoms with Crippen molar-refractivity contribution in [3.8, 4) is 5.75 Å². The standard InChI is InChI=1S/C22H23NO3/c1-25-21-11-17-16-4-2-3-5-19(16)26-20(17)12-18(21)23-22(24)10-15-9-13-6-7-14(15)8-13/h2-5,11-15H,6-10H2,1H3,(H,23,24)/t13-,14+,15-/m1/s1. The van der Waals surface area contributed by atoms with E-state index in [1.165, 1.54) is 25.7 Å². The SMILES string of the molecule is COc1cc2c(cc1NC(=O)C[C@H]1C[C@@H]3CC[C@H]1C3)oc1ccccc12. The van der Waals surface area contributed by atoms with E-state index >= 15 is 0 Å². The summed E-state index contributed by atoms with van der Waals surface area (Å²) in [5, 5.41) is 5.12. The Labute approximate surface area is 152 Å². The molecule has 0 radical (unpaired) electrons. The lowest BCUT2D eigenvalue weighted by atomic mass is 9.86. The fourth-order valence-electron chi connectivity index (χ4n) is 5.08. The van der Waals surface area contributed by atoms with Crippen molar-refractivity contribution in [2.75, 3.05) is 12.4 Å². The van der Waals surface area contributed by atoms with E-state index in [1.54, 1.807) is 7.11 Å². The number of para-hydroxylation sites is 1. The van der Waals surface area contributed by atoms with Gasteiger partial charge in [0.2, 0.25) is 5.91 Å². The van der Waals surface area contributed by atoms with Crippen LogP contribution in [-0.2, 0) is 4.79 Å². The number of fused-ring (bicyclic) bond motifs is 5. The summed E-state index contributed by atoms with van der Waals surface area (Å²) in [5.74, 6) is 2.92. The Balaban J connectivity index is 1.42. The summed E-state index contributed by atoms with van der Waals surface area (Å²) >= 11 is 0. The van der Waals surface area contributed by atoms with E-state index in [2.05, 4.69) is 5.32 Å². The number of rotatable bonds is 4. The Morgan fingerprint density at radius 2 is 2.04 bits per heavy atom. The average molecular weight is 349 g/mol. The van der Waals surface area contributed by atoms with Gasteiger partial charge in [-0.15, -0.1) is 0 Å². The molecule has 0 aliphatic heterocycles. The molecule has 26 heavy (non-hydrogen) atoms. The first-order chi connectivity index (χ1) is 12.7. The molecule has 2 aliphatic carbocycles. The molecule has 3 atom stereocenters. The van der Waals surface area contributed by atoms with Crippen LogP contribution in [0.2, 0.25) is 0 Å². The maximum absolute atomic E-state index is 12.6. The van der Waals surface area contributed by atoms with E-state index in [9.17, 15) is 4.79 Å². The molecule has 2 fully saturated rings. The first-order valence-corrected chi connectivity index (χ1v) is 9.50. The lowest BCUT2D eigenvalue weighted by Crippen LogP contribution is -2.20. The summed E-state index contributed by atoms with van der Waals surface area (Å²) in [5.41, 5.74) is 2.30. The predicted molar refractivity (Wildman–Crippen MR) is 102 cm³/mol. The third kappa shape index (κ3) is 2.56. The number of furan rings is 1. The maximum atomic E-state index is 12.6. The molecule has 0 spiro atoms. The zero-order chi connectivity index (χ0) is 17.7. The molecule has 4 nitrogen and oxygen atoms in total. The van der Waals surface area contributed by atoms with E-state index < -0.39 is 0 Å². The summed E-state index contributed by atoms with van der Waals surface area (Å²) in [4.78, 5) is 12.6. The number of nitrogens with one attached hydrogen (secondary N) is 1. The van der Waals surface area contributed by atoms with Crippen LogP contribution in [0.3, 0.4) is 0 Å². The highest BCUT2D eigenvalue weighted by atomic mass is 16.5. The third-order valence-corrected chi connectivity index (χ3v) is 6.31. The van der Waals surface area contributed by atoms with Crippen LogP contribution in [0.4, 0.5) is 5.69 Å². The molecular weight excluding hydrogens is 326 g/mol. The smallest absolute Gasteiger partial charge is 0.224 e. The normalized spacial score (nSPS) is 24.4. The zero-order valence-corrected chi connectivity index (χ0v) is 15.0. The monoisotopic (exact) mass is 349 g/mol. The molecule has 0 unspecified atom stereocenters. The molecular formula is C22H23NO3. The van der Waals surface area contributed by atoms with E-state index in [0.29, 0.717) is 23.8 Å². The van der Waals surface area contributed by atoms with E-state index in [-0.39, 0.29) is 5.91 Å². The number of ether oxygens (including phenoxy) is 1. The van der Waals surface area contributed by atoms with Crippen LogP contribution in [0.15, 0.2) is 40.8 Å². The topological polar surface area (TPSA) is 51.5 Å². The van der Waals surface area contributed by atoms with Crippen LogP contribution in [0.25, 0.3) is 21.9 Å². The van der Waals surface area contributed by atoms with Crippen molar-refractivity contribution in [1.29, 1.82) is 0 Å². The van der Waals surface area contributed by atoms with Crippen LogP contribution in [0.5, 0.6) is 5.75 Å². The molecule has 5 rings (SSSR count). The summed E-state index contributed by atoms with van der Waals surface area (Å²) in [6, 6.07) is 11.8. The van der Waals surface area contributed by atoms with Gasteiger partial charge in [0.05, 0.1) is 12.8 Å². The van der Waals surface area contributed by atoms with Gasteiger partial charge in [0.25, 0.3) is 0 Å². The van der Waals surface area contributed by atoms with Gasteiger partial charge in [-0.25, -0.2) is 0 Å². The average Bonchev–Trinajstić information content (AvgIpc) is 3.34. The molecule has 134 valence electrons. The second-order valence-electron chi connectivity index (χ2n) is 7.83. The summed E-state index contributed by atoms with van der Waals surface area (Å²) < 4.78 is 11.5. The van der Waals surface area contributed by atoms with E-state index in [1.807, 2.05) is 36.4 Å². The van der Waals surface area contributed by atoms with Crippen molar-refractivity contribution in [2.24, 2.45) is 17.8 Å². The summed E-state index contributed by atoms with van der Waals surface area (Å²) in [6.45, 7) is 0. The summed E-state index contributed by atoms with van der Waals surface area (Å²) in [7, 11) is 1.63. The molecule has 1 amide bonds. The second-order valence-corrected chi connectivity index (χ2v) is 7.83. The number of anilines is 1. The fourth-order valence-corrected chi connectivity index (χ4v) is 5.08. The van der Waals surface area contributed by atoms with Crippen LogP contribution in [-0.4, -0.2) is 13.0 Å². The Kier molecular flexibility index (Phi) is 3.66. The van der Waals surface area contributed by atoms with Gasteiger partial charge >= 0.3 is 0 Å². The van der Waals surface area contributed by atoms with Crippen LogP contribution >= 0.6 is 0 Å². The highest BCUT2D eigenvalue weighted by molar-refractivity contribution is 6.07. The molecule has 1 N–H and O–H groups in total. The number of amides is 1. The second kappa shape index (κ2) is 6.04. The lowest BCUT2D eigenvalue weighted by molar-refractivity contribution is -0.117. The fraction of sp³-hybridized carbons (Fsp3) is 0.409. The zero-order valence-electron chi connectivity index (χ0n) is 15.0. The molecule has 2 bridgehead atoms. The Hall–Kier alpha value is -2.49. The first kappa shape index (κ1) is 15.7. The molecule has 3 aromatic rings. The van der Waals surface area contributed by atoms with Gasteiger partial charge in [0.15, 0.2) is 0 Å². The van der Waals surface area contributed by atoms with Crippen molar-refractivity contribution in [1.82, 2.24) is 0 Å². The van der Waals surface area contributed by atoms with Crippen molar-refractivity contribution in [3.05, 3.63) is 36.4 Å². The Bertz CT molecular complexity index is 990. The molecule has 2 aromatic carbocycles. The van der Waals surface area contributed by atoms with Crippen LogP contribution in [0.1, 0.15) is 32.1 Å². The van der Waals surface area contributed by atoms with Gasteiger partial charge in [-0.1, -0.05) is 24.6 Å². The van der Waals surface area contributed by atoms with Gasteiger partial charge in [0, 0.05) is 23.3 Å². The molecule has 0 saturated heterocycles. The highest BCUT2D eigenvalue weighted by Crippen LogP contribution is 2.49. The first-order valence-electron chi connectivity index (χ1n) is 9.50. The van der Waals surface area contributed by atoms with E-state index in [0.717, 1.165) is 33.8 Å². The molecule has 4 heteroatoms. The van der Waals surface area contributed by atoms with Crippen molar-refractivity contribution in [3.63, 3.8) is 0 Å². The van der Waals surface area contributed by atoms with Crippen molar-refractivity contribution >= 4 is 33.5 Å². The van der Waals surface area contributed by atoms with Gasteiger partial charge in [-0.3, -0.25) is 4.79 Å². The minimum atomic E-state index is 0.0799. The van der Waals surface area contributed by atoms with Crippen LogP contribution in [0, 0.1) is 17.8 Å². The highest BCUT2D eigenvalue weighted by Gasteiger charge is 2.40. The maximum Gasteiger partial charge on any atom is 0.224 e. The molecule has 2 aliphatic rings. The number of benzene rings is 2. The number of hydrogen-bond acceptors (Lipinski definition) is 3. The minimum absolute atomic E-state index is 0.0799. The van der Waals surface area contributed by atoms with E-state index in [4.69, 9.17) is 9.15 Å².